The predicted octanol–water partition coefficient (Wildman–Crippen LogP) is 1.95. The largest absolute Gasteiger partial charge is 0.382 e. The minimum absolute atomic E-state index is 0.353. The molecule has 4 nitrogen and oxygen atoms in total. The number of hydrogen-bond donors (Lipinski definition) is 1. The van der Waals surface area contributed by atoms with Crippen LogP contribution in [0.2, 0.25) is 0 Å². The van der Waals surface area contributed by atoms with E-state index in [0.717, 1.165) is 26.0 Å². The lowest BCUT2D eigenvalue weighted by Gasteiger charge is -2.23. The van der Waals surface area contributed by atoms with Gasteiger partial charge in [0, 0.05) is 25.4 Å². The van der Waals surface area contributed by atoms with Gasteiger partial charge in [-0.15, -0.1) is 0 Å². The quantitative estimate of drug-likeness (QED) is 0.840. The van der Waals surface area contributed by atoms with E-state index >= 15 is 0 Å². The van der Waals surface area contributed by atoms with Crippen LogP contribution in [-0.2, 0) is 17.6 Å². The molecule has 0 saturated heterocycles. The van der Waals surface area contributed by atoms with E-state index in [-0.39, 0.29) is 0 Å². The van der Waals surface area contributed by atoms with Gasteiger partial charge in [0.25, 0.3) is 0 Å². The summed E-state index contributed by atoms with van der Waals surface area (Å²) < 4.78 is 7.69. The zero-order chi connectivity index (χ0) is 13.0. The highest BCUT2D eigenvalue weighted by molar-refractivity contribution is 5.17. The highest BCUT2D eigenvalue weighted by Crippen LogP contribution is 2.23. The second kappa shape index (κ2) is 6.34. The highest BCUT2D eigenvalue weighted by atomic mass is 16.5. The second-order valence-corrected chi connectivity index (χ2v) is 5.42. The standard InChI is InChI=1S/C14H25N3O/c1-11(2)15-8-12(9-18-3)17-10-16-13-6-4-5-7-14(13)17/h10-12,15H,4-9H2,1-3H3. The summed E-state index contributed by atoms with van der Waals surface area (Å²) in [6.45, 7) is 6.03. The van der Waals surface area contributed by atoms with Crippen molar-refractivity contribution in [2.75, 3.05) is 20.3 Å². The van der Waals surface area contributed by atoms with Crippen molar-refractivity contribution in [1.82, 2.24) is 14.9 Å². The van der Waals surface area contributed by atoms with Gasteiger partial charge in [-0.3, -0.25) is 0 Å². The summed E-state index contributed by atoms with van der Waals surface area (Å²) in [5, 5.41) is 3.50. The van der Waals surface area contributed by atoms with Crippen LogP contribution in [0.3, 0.4) is 0 Å². The van der Waals surface area contributed by atoms with Crippen molar-refractivity contribution in [3.63, 3.8) is 0 Å². The van der Waals surface area contributed by atoms with Crippen LogP contribution in [0, 0.1) is 0 Å². The SMILES string of the molecule is COCC(CNC(C)C)n1cnc2c1CCCC2. The summed E-state index contributed by atoms with van der Waals surface area (Å²) in [7, 11) is 1.77. The van der Waals surface area contributed by atoms with Crippen LogP contribution in [0.15, 0.2) is 6.33 Å². The minimum Gasteiger partial charge on any atom is -0.382 e. The van der Waals surface area contributed by atoms with Crippen LogP contribution in [0.4, 0.5) is 0 Å². The lowest BCUT2D eigenvalue weighted by Crippen LogP contribution is -2.33. The molecule has 18 heavy (non-hydrogen) atoms. The fourth-order valence-electron chi connectivity index (χ4n) is 2.61. The summed E-state index contributed by atoms with van der Waals surface area (Å²) in [4.78, 5) is 4.57. The Morgan fingerprint density at radius 3 is 2.89 bits per heavy atom. The Morgan fingerprint density at radius 2 is 2.17 bits per heavy atom. The first kappa shape index (κ1) is 13.6. The van der Waals surface area contributed by atoms with Gasteiger partial charge in [-0.25, -0.2) is 4.98 Å². The Bertz CT molecular complexity index is 373. The Kier molecular flexibility index (Phi) is 4.78. The number of aryl methyl sites for hydroxylation is 1. The zero-order valence-electron chi connectivity index (χ0n) is 11.8. The van der Waals surface area contributed by atoms with E-state index < -0.39 is 0 Å². The lowest BCUT2D eigenvalue weighted by atomic mass is 10.0. The third kappa shape index (κ3) is 3.12. The number of nitrogens with one attached hydrogen (secondary N) is 1. The van der Waals surface area contributed by atoms with Crippen molar-refractivity contribution < 1.29 is 4.74 Å². The third-order valence-corrected chi connectivity index (χ3v) is 3.57. The number of fused-ring (bicyclic) bond motifs is 1. The molecule has 4 heteroatoms. The molecule has 0 saturated carbocycles. The van der Waals surface area contributed by atoms with Crippen LogP contribution < -0.4 is 5.32 Å². The number of hydrogen-bond acceptors (Lipinski definition) is 3. The van der Waals surface area contributed by atoms with Gasteiger partial charge >= 0.3 is 0 Å². The van der Waals surface area contributed by atoms with Crippen molar-refractivity contribution in [3.8, 4) is 0 Å². The van der Waals surface area contributed by atoms with Crippen LogP contribution in [0.1, 0.15) is 44.1 Å². The van der Waals surface area contributed by atoms with Crippen LogP contribution in [-0.4, -0.2) is 35.9 Å². The average Bonchev–Trinajstić information content (AvgIpc) is 2.78. The molecular weight excluding hydrogens is 226 g/mol. The Balaban J connectivity index is 2.11. The van der Waals surface area contributed by atoms with Crippen molar-refractivity contribution >= 4 is 0 Å². The molecule has 1 aromatic heterocycles. The molecule has 1 aliphatic carbocycles. The summed E-state index contributed by atoms with van der Waals surface area (Å²) in [6.07, 6.45) is 6.87. The predicted molar refractivity (Wildman–Crippen MR) is 72.9 cm³/mol. The number of aromatic nitrogens is 2. The van der Waals surface area contributed by atoms with Gasteiger partial charge in [-0.1, -0.05) is 13.8 Å². The molecule has 1 N–H and O–H groups in total. The Hall–Kier alpha value is -0.870. The number of ether oxygens (including phenoxy) is 1. The maximum Gasteiger partial charge on any atom is 0.0955 e. The highest BCUT2D eigenvalue weighted by Gasteiger charge is 2.20. The van der Waals surface area contributed by atoms with Gasteiger partial charge in [0.2, 0.25) is 0 Å². The fourth-order valence-corrected chi connectivity index (χ4v) is 2.61. The van der Waals surface area contributed by atoms with Crippen LogP contribution in [0.25, 0.3) is 0 Å². The maximum absolute atomic E-state index is 5.36. The first-order valence-corrected chi connectivity index (χ1v) is 6.99. The molecular formula is C14H25N3O. The van der Waals surface area contributed by atoms with Gasteiger partial charge < -0.3 is 14.6 Å². The monoisotopic (exact) mass is 251 g/mol. The van der Waals surface area contributed by atoms with Gasteiger partial charge in [0.1, 0.15) is 0 Å². The average molecular weight is 251 g/mol. The molecule has 1 aliphatic rings. The fraction of sp³-hybridized carbons (Fsp3) is 0.786. The number of imidazole rings is 1. The molecule has 0 fully saturated rings. The molecule has 0 bridgehead atoms. The first-order chi connectivity index (χ1) is 8.72. The smallest absolute Gasteiger partial charge is 0.0955 e. The Morgan fingerprint density at radius 1 is 1.39 bits per heavy atom. The molecule has 102 valence electrons. The van der Waals surface area contributed by atoms with E-state index in [1.807, 2.05) is 6.33 Å². The summed E-state index contributed by atoms with van der Waals surface area (Å²) in [5.41, 5.74) is 2.72. The number of rotatable bonds is 6. The van der Waals surface area contributed by atoms with Gasteiger partial charge in [0.15, 0.2) is 0 Å². The first-order valence-electron chi connectivity index (χ1n) is 6.99. The zero-order valence-corrected chi connectivity index (χ0v) is 11.8. The molecule has 0 aliphatic heterocycles. The molecule has 1 unspecified atom stereocenters. The van der Waals surface area contributed by atoms with E-state index in [0.29, 0.717) is 12.1 Å². The Labute approximate surface area is 110 Å². The third-order valence-electron chi connectivity index (χ3n) is 3.57. The molecule has 1 heterocycles. The van der Waals surface area contributed by atoms with E-state index in [4.69, 9.17) is 4.74 Å². The summed E-state index contributed by atoms with van der Waals surface area (Å²) in [6, 6.07) is 0.857. The lowest BCUT2D eigenvalue weighted by molar-refractivity contribution is 0.151. The molecule has 1 atom stereocenters. The van der Waals surface area contributed by atoms with Gasteiger partial charge in [-0.2, -0.15) is 0 Å². The minimum atomic E-state index is 0.353. The van der Waals surface area contributed by atoms with E-state index in [1.165, 1.54) is 24.2 Å². The van der Waals surface area contributed by atoms with Crippen molar-refractivity contribution in [3.05, 3.63) is 17.7 Å². The molecule has 0 spiro atoms. The number of nitrogens with zero attached hydrogens (tertiary/aromatic N) is 2. The maximum atomic E-state index is 5.36. The van der Waals surface area contributed by atoms with Crippen molar-refractivity contribution in [1.29, 1.82) is 0 Å². The summed E-state index contributed by atoms with van der Waals surface area (Å²) in [5.74, 6) is 0. The topological polar surface area (TPSA) is 39.1 Å². The molecule has 0 aromatic carbocycles. The van der Waals surface area contributed by atoms with Crippen molar-refractivity contribution in [2.24, 2.45) is 0 Å². The molecule has 1 aromatic rings. The van der Waals surface area contributed by atoms with Gasteiger partial charge in [-0.05, 0) is 25.7 Å². The second-order valence-electron chi connectivity index (χ2n) is 5.42. The van der Waals surface area contributed by atoms with Gasteiger partial charge in [0.05, 0.1) is 24.7 Å². The molecule has 2 rings (SSSR count). The van der Waals surface area contributed by atoms with E-state index in [1.54, 1.807) is 7.11 Å². The van der Waals surface area contributed by atoms with Crippen LogP contribution >= 0.6 is 0 Å². The normalized spacial score (nSPS) is 16.9. The van der Waals surface area contributed by atoms with E-state index in [9.17, 15) is 0 Å². The van der Waals surface area contributed by atoms with Crippen molar-refractivity contribution in [2.45, 2.75) is 51.6 Å². The van der Waals surface area contributed by atoms with E-state index in [2.05, 4.69) is 28.7 Å². The number of methoxy groups -OCH3 is 1. The van der Waals surface area contributed by atoms with Crippen LogP contribution in [0.5, 0.6) is 0 Å². The summed E-state index contributed by atoms with van der Waals surface area (Å²) >= 11 is 0. The molecule has 0 radical (unpaired) electrons. The molecule has 0 amide bonds.